The van der Waals surface area contributed by atoms with Gasteiger partial charge in [-0.2, -0.15) is 0 Å². The van der Waals surface area contributed by atoms with Gasteiger partial charge in [-0.05, 0) is 43.1 Å². The van der Waals surface area contributed by atoms with E-state index >= 15 is 0 Å². The zero-order valence-electron chi connectivity index (χ0n) is 12.7. The summed E-state index contributed by atoms with van der Waals surface area (Å²) in [6, 6.07) is 17.4. The Morgan fingerprint density at radius 1 is 1.00 bits per heavy atom. The van der Waals surface area contributed by atoms with E-state index < -0.39 is 0 Å². The van der Waals surface area contributed by atoms with Gasteiger partial charge in [-0.25, -0.2) is 0 Å². The summed E-state index contributed by atoms with van der Waals surface area (Å²) < 4.78 is 5.94. The van der Waals surface area contributed by atoms with Crippen molar-refractivity contribution in [3.63, 3.8) is 0 Å². The fraction of sp³-hybridized carbons (Fsp3) is 0.368. The lowest BCUT2D eigenvalue weighted by Crippen LogP contribution is -2.21. The monoisotopic (exact) mass is 294 g/mol. The predicted octanol–water partition coefficient (Wildman–Crippen LogP) is 3.53. The highest BCUT2D eigenvalue weighted by molar-refractivity contribution is 5.62. The third-order valence-corrected chi connectivity index (χ3v) is 4.76. The number of fused-ring (bicyclic) bond motifs is 3. The normalized spacial score (nSPS) is 23.1. The van der Waals surface area contributed by atoms with E-state index in [0.717, 1.165) is 18.8 Å². The summed E-state index contributed by atoms with van der Waals surface area (Å²) in [4.78, 5) is 0. The molecule has 1 fully saturated rings. The first-order valence-corrected chi connectivity index (χ1v) is 8.18. The van der Waals surface area contributed by atoms with E-state index in [1.165, 1.54) is 29.7 Å². The molecule has 3 nitrogen and oxygen atoms in total. The summed E-state index contributed by atoms with van der Waals surface area (Å²) in [5.41, 5.74) is 3.93. The second-order valence-corrected chi connectivity index (χ2v) is 6.21. The summed E-state index contributed by atoms with van der Waals surface area (Å²) in [6.07, 6.45) is 2.41. The molecule has 0 saturated carbocycles. The first-order chi connectivity index (χ1) is 10.9. The molecule has 2 unspecified atom stereocenters. The van der Waals surface area contributed by atoms with Crippen LogP contribution in [-0.2, 0) is 6.61 Å². The van der Waals surface area contributed by atoms with Gasteiger partial charge < -0.3 is 15.4 Å². The smallest absolute Gasteiger partial charge is 0.121 e. The van der Waals surface area contributed by atoms with Crippen LogP contribution in [-0.4, -0.2) is 19.1 Å². The minimum Gasteiger partial charge on any atom is -0.489 e. The Balaban J connectivity index is 1.49. The molecule has 2 N–H and O–H groups in total. The molecule has 1 saturated heterocycles. The van der Waals surface area contributed by atoms with Crippen LogP contribution in [0.15, 0.2) is 48.5 Å². The van der Waals surface area contributed by atoms with Crippen LogP contribution in [0.4, 0.5) is 5.69 Å². The van der Waals surface area contributed by atoms with E-state index in [1.54, 1.807) is 0 Å². The Morgan fingerprint density at radius 3 is 2.77 bits per heavy atom. The van der Waals surface area contributed by atoms with Crippen molar-refractivity contribution in [3.8, 4) is 5.75 Å². The molecule has 114 valence electrons. The van der Waals surface area contributed by atoms with Crippen LogP contribution in [0.25, 0.3) is 0 Å². The Morgan fingerprint density at radius 2 is 1.86 bits per heavy atom. The van der Waals surface area contributed by atoms with Gasteiger partial charge >= 0.3 is 0 Å². The molecule has 2 aliphatic rings. The molecule has 2 aromatic carbocycles. The van der Waals surface area contributed by atoms with Crippen molar-refractivity contribution in [2.45, 2.75) is 31.4 Å². The Labute approximate surface area is 131 Å². The van der Waals surface area contributed by atoms with Gasteiger partial charge in [0.25, 0.3) is 0 Å². The maximum absolute atomic E-state index is 5.94. The van der Waals surface area contributed by atoms with Gasteiger partial charge in [0.1, 0.15) is 12.4 Å². The minimum atomic E-state index is 0.578. The molecular formula is C19H22N2O. The Kier molecular flexibility index (Phi) is 3.73. The zero-order chi connectivity index (χ0) is 14.8. The highest BCUT2D eigenvalue weighted by Crippen LogP contribution is 2.41. The first-order valence-electron chi connectivity index (χ1n) is 8.18. The molecule has 0 amide bonds. The standard InChI is InChI=1S/C19H22N2O/c1-2-4-14(5-3-1)13-22-15-6-7-16-17-8-10-20-11-9-18(17)21-19(16)12-15/h1-7,12,17-18,20-21H,8-11,13H2. The van der Waals surface area contributed by atoms with Gasteiger partial charge in [-0.15, -0.1) is 0 Å². The summed E-state index contributed by atoms with van der Waals surface area (Å²) in [6.45, 7) is 2.85. The van der Waals surface area contributed by atoms with E-state index in [2.05, 4.69) is 41.0 Å². The average Bonchev–Trinajstić information content (AvgIpc) is 2.74. The van der Waals surface area contributed by atoms with Crippen molar-refractivity contribution in [2.75, 3.05) is 18.4 Å². The second kappa shape index (κ2) is 6.01. The molecule has 2 aromatic rings. The molecule has 4 rings (SSSR count). The quantitative estimate of drug-likeness (QED) is 0.908. The molecular weight excluding hydrogens is 272 g/mol. The zero-order valence-corrected chi connectivity index (χ0v) is 12.7. The van der Waals surface area contributed by atoms with Crippen molar-refractivity contribution >= 4 is 5.69 Å². The lowest BCUT2D eigenvalue weighted by Gasteiger charge is -2.15. The van der Waals surface area contributed by atoms with Gasteiger partial charge in [0.2, 0.25) is 0 Å². The van der Waals surface area contributed by atoms with Crippen molar-refractivity contribution in [1.29, 1.82) is 0 Å². The number of hydrogen-bond acceptors (Lipinski definition) is 3. The molecule has 2 atom stereocenters. The lowest BCUT2D eigenvalue weighted by molar-refractivity contribution is 0.306. The number of hydrogen-bond donors (Lipinski definition) is 2. The van der Waals surface area contributed by atoms with Crippen molar-refractivity contribution in [2.24, 2.45) is 0 Å². The summed E-state index contributed by atoms with van der Waals surface area (Å²) >= 11 is 0. The van der Waals surface area contributed by atoms with Crippen molar-refractivity contribution in [3.05, 3.63) is 59.7 Å². The van der Waals surface area contributed by atoms with Gasteiger partial charge in [-0.3, -0.25) is 0 Å². The largest absolute Gasteiger partial charge is 0.489 e. The number of nitrogens with one attached hydrogen (secondary N) is 2. The van der Waals surface area contributed by atoms with Crippen LogP contribution in [0, 0.1) is 0 Å². The van der Waals surface area contributed by atoms with Crippen molar-refractivity contribution in [1.82, 2.24) is 5.32 Å². The molecule has 0 bridgehead atoms. The summed E-state index contributed by atoms with van der Waals surface area (Å²) in [5.74, 6) is 1.60. The summed E-state index contributed by atoms with van der Waals surface area (Å²) in [5, 5.41) is 7.19. The highest BCUT2D eigenvalue weighted by Gasteiger charge is 2.32. The van der Waals surface area contributed by atoms with Crippen LogP contribution in [0.1, 0.15) is 29.9 Å². The van der Waals surface area contributed by atoms with E-state index in [4.69, 9.17) is 4.74 Å². The highest BCUT2D eigenvalue weighted by atomic mass is 16.5. The van der Waals surface area contributed by atoms with E-state index in [1.807, 2.05) is 18.2 Å². The number of rotatable bonds is 3. The average molecular weight is 294 g/mol. The molecule has 0 spiro atoms. The van der Waals surface area contributed by atoms with Crippen LogP contribution in [0.3, 0.4) is 0 Å². The third-order valence-electron chi connectivity index (χ3n) is 4.76. The van der Waals surface area contributed by atoms with Gasteiger partial charge in [0.15, 0.2) is 0 Å². The van der Waals surface area contributed by atoms with Gasteiger partial charge in [0.05, 0.1) is 0 Å². The van der Waals surface area contributed by atoms with Crippen LogP contribution >= 0.6 is 0 Å². The molecule has 2 heterocycles. The topological polar surface area (TPSA) is 33.3 Å². The molecule has 22 heavy (non-hydrogen) atoms. The number of anilines is 1. The van der Waals surface area contributed by atoms with Gasteiger partial charge in [-0.1, -0.05) is 36.4 Å². The second-order valence-electron chi connectivity index (χ2n) is 6.21. The maximum atomic E-state index is 5.94. The first kappa shape index (κ1) is 13.6. The molecule has 3 heteroatoms. The van der Waals surface area contributed by atoms with E-state index in [0.29, 0.717) is 18.6 Å². The fourth-order valence-corrected chi connectivity index (χ4v) is 3.60. The number of benzene rings is 2. The summed E-state index contributed by atoms with van der Waals surface area (Å²) in [7, 11) is 0. The minimum absolute atomic E-state index is 0.578. The van der Waals surface area contributed by atoms with Gasteiger partial charge in [0, 0.05) is 23.7 Å². The predicted molar refractivity (Wildman–Crippen MR) is 89.5 cm³/mol. The Bertz CT molecular complexity index is 641. The van der Waals surface area contributed by atoms with Crippen LogP contribution < -0.4 is 15.4 Å². The fourth-order valence-electron chi connectivity index (χ4n) is 3.60. The maximum Gasteiger partial charge on any atom is 0.121 e. The lowest BCUT2D eigenvalue weighted by atomic mass is 9.91. The van der Waals surface area contributed by atoms with Crippen LogP contribution in [0.2, 0.25) is 0 Å². The SMILES string of the molecule is c1ccc(COc2ccc3c(c2)NC2CCNCCC32)cc1. The van der Waals surface area contributed by atoms with Crippen molar-refractivity contribution < 1.29 is 4.74 Å². The molecule has 0 aromatic heterocycles. The number of ether oxygens (including phenoxy) is 1. The van der Waals surface area contributed by atoms with E-state index in [9.17, 15) is 0 Å². The van der Waals surface area contributed by atoms with E-state index in [-0.39, 0.29) is 0 Å². The molecule has 0 radical (unpaired) electrons. The Hall–Kier alpha value is -2.00. The molecule has 2 aliphatic heterocycles. The van der Waals surface area contributed by atoms with Crippen LogP contribution in [0.5, 0.6) is 5.75 Å². The molecule has 0 aliphatic carbocycles. The third kappa shape index (κ3) is 2.69.